The van der Waals surface area contributed by atoms with Crippen LogP contribution in [0, 0.1) is 12.3 Å². The Kier molecular flexibility index (Phi) is 4.58. The van der Waals surface area contributed by atoms with Crippen LogP contribution in [-0.4, -0.2) is 28.1 Å². The number of rotatable bonds is 4. The van der Waals surface area contributed by atoms with E-state index in [1.54, 1.807) is 0 Å². The lowest BCUT2D eigenvalue weighted by atomic mass is 10.1. The van der Waals surface area contributed by atoms with Crippen LogP contribution in [0.3, 0.4) is 0 Å². The number of aliphatic carboxylic acids is 1. The maximum absolute atomic E-state index is 11.7. The Morgan fingerprint density at radius 3 is 2.67 bits per heavy atom. The van der Waals surface area contributed by atoms with Gasteiger partial charge in [-0.2, -0.15) is 0 Å². The fraction of sp³-hybridized carbons (Fsp3) is 0.167. The summed E-state index contributed by atoms with van der Waals surface area (Å²) in [5.74, 6) is -0.149. The molecule has 5 nitrogen and oxygen atoms in total. The lowest BCUT2D eigenvalue weighted by molar-refractivity contribution is -0.139. The highest BCUT2D eigenvalue weighted by atomic mass is 35.5. The molecule has 0 aliphatic carbocycles. The molecule has 1 amide bonds. The SMILES string of the molecule is C#CCC(NC(=O)c1ccc(Cl)cc1O)C(=O)O. The number of halogens is 1. The first-order chi connectivity index (χ1) is 8.45. The highest BCUT2D eigenvalue weighted by molar-refractivity contribution is 6.30. The molecule has 18 heavy (non-hydrogen) atoms. The molecule has 0 fully saturated rings. The molecule has 0 aliphatic heterocycles. The lowest BCUT2D eigenvalue weighted by Gasteiger charge is -2.12. The number of carboxylic acid groups (broad SMARTS) is 1. The molecule has 1 unspecified atom stereocenters. The Morgan fingerprint density at radius 2 is 2.17 bits per heavy atom. The number of phenols is 1. The minimum absolute atomic E-state index is 0.0670. The molecule has 6 heteroatoms. The van der Waals surface area contributed by atoms with Crippen LogP contribution in [0.2, 0.25) is 5.02 Å². The van der Waals surface area contributed by atoms with E-state index in [0.29, 0.717) is 0 Å². The normalized spacial score (nSPS) is 11.3. The van der Waals surface area contributed by atoms with Gasteiger partial charge in [-0.3, -0.25) is 4.79 Å². The zero-order chi connectivity index (χ0) is 13.7. The molecule has 1 aromatic carbocycles. The zero-order valence-electron chi connectivity index (χ0n) is 9.18. The summed E-state index contributed by atoms with van der Waals surface area (Å²) in [5.41, 5.74) is -0.0670. The van der Waals surface area contributed by atoms with Gasteiger partial charge in [-0.1, -0.05) is 11.6 Å². The van der Waals surface area contributed by atoms with Gasteiger partial charge < -0.3 is 15.5 Å². The predicted octanol–water partition coefficient (Wildman–Crippen LogP) is 1.25. The summed E-state index contributed by atoms with van der Waals surface area (Å²) in [5, 5.41) is 20.8. The molecule has 1 atom stereocenters. The van der Waals surface area contributed by atoms with Crippen molar-refractivity contribution < 1.29 is 19.8 Å². The summed E-state index contributed by atoms with van der Waals surface area (Å²) in [7, 11) is 0. The Hall–Kier alpha value is -2.19. The van der Waals surface area contributed by atoms with Crippen LogP contribution < -0.4 is 5.32 Å². The summed E-state index contributed by atoms with van der Waals surface area (Å²) in [6.45, 7) is 0. The molecular weight excluding hydrogens is 258 g/mol. The first-order valence-electron chi connectivity index (χ1n) is 4.91. The molecule has 3 N–H and O–H groups in total. The molecule has 1 rings (SSSR count). The van der Waals surface area contributed by atoms with E-state index >= 15 is 0 Å². The maximum Gasteiger partial charge on any atom is 0.327 e. The second kappa shape index (κ2) is 5.94. The minimum Gasteiger partial charge on any atom is -0.507 e. The monoisotopic (exact) mass is 267 g/mol. The van der Waals surface area contributed by atoms with Gasteiger partial charge in [-0.25, -0.2) is 4.79 Å². The van der Waals surface area contributed by atoms with Crippen LogP contribution in [0.25, 0.3) is 0 Å². The topological polar surface area (TPSA) is 86.6 Å². The first-order valence-corrected chi connectivity index (χ1v) is 5.29. The fourth-order valence-electron chi connectivity index (χ4n) is 1.25. The van der Waals surface area contributed by atoms with Crippen molar-refractivity contribution in [2.75, 3.05) is 0 Å². The number of nitrogens with one attached hydrogen (secondary N) is 1. The molecular formula is C12H10ClNO4. The van der Waals surface area contributed by atoms with Crippen molar-refractivity contribution in [1.29, 1.82) is 0 Å². The molecule has 0 saturated heterocycles. The predicted molar refractivity (Wildman–Crippen MR) is 65.5 cm³/mol. The highest BCUT2D eigenvalue weighted by Crippen LogP contribution is 2.21. The van der Waals surface area contributed by atoms with Crippen molar-refractivity contribution in [2.45, 2.75) is 12.5 Å². The molecule has 0 bridgehead atoms. The molecule has 0 aliphatic rings. The zero-order valence-corrected chi connectivity index (χ0v) is 9.94. The van der Waals surface area contributed by atoms with Gasteiger partial charge in [-0.15, -0.1) is 12.3 Å². The third kappa shape index (κ3) is 3.40. The van der Waals surface area contributed by atoms with Crippen LogP contribution in [0.1, 0.15) is 16.8 Å². The van der Waals surface area contributed by atoms with E-state index in [2.05, 4.69) is 11.2 Å². The van der Waals surface area contributed by atoms with Crippen LogP contribution in [-0.2, 0) is 4.79 Å². The third-order valence-corrected chi connectivity index (χ3v) is 2.36. The summed E-state index contributed by atoms with van der Waals surface area (Å²) >= 11 is 5.62. The van der Waals surface area contributed by atoms with Crippen LogP contribution in [0.4, 0.5) is 0 Å². The number of aromatic hydroxyl groups is 1. The van der Waals surface area contributed by atoms with Crippen LogP contribution in [0.5, 0.6) is 5.75 Å². The van der Waals surface area contributed by atoms with Gasteiger partial charge >= 0.3 is 5.97 Å². The van der Waals surface area contributed by atoms with Gasteiger partial charge in [0.2, 0.25) is 0 Å². The second-order valence-corrected chi connectivity index (χ2v) is 3.87. The summed E-state index contributed by atoms with van der Waals surface area (Å²) < 4.78 is 0. The van der Waals surface area contributed by atoms with Gasteiger partial charge in [0.15, 0.2) is 0 Å². The molecule has 0 spiro atoms. The number of carbonyl (C=O) groups is 2. The van der Waals surface area contributed by atoms with E-state index in [0.717, 1.165) is 0 Å². The van der Waals surface area contributed by atoms with E-state index < -0.39 is 17.9 Å². The van der Waals surface area contributed by atoms with Crippen molar-refractivity contribution in [1.82, 2.24) is 5.32 Å². The van der Waals surface area contributed by atoms with E-state index in [9.17, 15) is 14.7 Å². The Bertz CT molecular complexity index is 521. The van der Waals surface area contributed by atoms with E-state index in [1.807, 2.05) is 0 Å². The average molecular weight is 268 g/mol. The first kappa shape index (κ1) is 13.9. The number of hydrogen-bond donors (Lipinski definition) is 3. The van der Waals surface area contributed by atoms with Crippen molar-refractivity contribution in [3.05, 3.63) is 28.8 Å². The van der Waals surface area contributed by atoms with Crippen molar-refractivity contribution in [3.8, 4) is 18.1 Å². The summed E-state index contributed by atoms with van der Waals surface area (Å²) in [6.07, 6.45) is 4.86. The Morgan fingerprint density at radius 1 is 1.50 bits per heavy atom. The van der Waals surface area contributed by atoms with Gasteiger partial charge in [-0.05, 0) is 18.2 Å². The summed E-state index contributed by atoms with van der Waals surface area (Å²) in [6, 6.07) is 2.69. The maximum atomic E-state index is 11.7. The average Bonchev–Trinajstić information content (AvgIpc) is 2.27. The van der Waals surface area contributed by atoms with E-state index in [4.69, 9.17) is 23.1 Å². The van der Waals surface area contributed by atoms with E-state index in [-0.39, 0.29) is 22.8 Å². The van der Waals surface area contributed by atoms with Crippen molar-refractivity contribution in [3.63, 3.8) is 0 Å². The number of benzene rings is 1. The number of phenolic OH excluding ortho intramolecular Hbond substituents is 1. The molecule has 0 heterocycles. The molecule has 94 valence electrons. The lowest BCUT2D eigenvalue weighted by Crippen LogP contribution is -2.40. The minimum atomic E-state index is -1.24. The van der Waals surface area contributed by atoms with Crippen molar-refractivity contribution in [2.24, 2.45) is 0 Å². The molecule has 0 saturated carbocycles. The number of carbonyl (C=O) groups excluding carboxylic acids is 1. The van der Waals surface area contributed by atoms with E-state index in [1.165, 1.54) is 18.2 Å². The largest absolute Gasteiger partial charge is 0.507 e. The number of carboxylic acids is 1. The Balaban J connectivity index is 2.87. The number of amides is 1. The van der Waals surface area contributed by atoms with Crippen molar-refractivity contribution >= 4 is 23.5 Å². The van der Waals surface area contributed by atoms with Gasteiger partial charge in [0.25, 0.3) is 5.91 Å². The van der Waals surface area contributed by atoms with Crippen LogP contribution >= 0.6 is 11.6 Å². The smallest absolute Gasteiger partial charge is 0.327 e. The second-order valence-electron chi connectivity index (χ2n) is 3.43. The number of terminal acetylenes is 1. The summed E-state index contributed by atoms with van der Waals surface area (Å²) in [4.78, 5) is 22.5. The van der Waals surface area contributed by atoms with Gasteiger partial charge in [0.1, 0.15) is 11.8 Å². The van der Waals surface area contributed by atoms with Crippen LogP contribution in [0.15, 0.2) is 18.2 Å². The number of hydrogen-bond acceptors (Lipinski definition) is 3. The van der Waals surface area contributed by atoms with Gasteiger partial charge in [0, 0.05) is 11.4 Å². The Labute approximate surface area is 108 Å². The third-order valence-electron chi connectivity index (χ3n) is 2.13. The standard InChI is InChI=1S/C12H10ClNO4/c1-2-3-9(12(17)18)14-11(16)8-5-4-7(13)6-10(8)15/h1,4-6,9,15H,3H2,(H,14,16)(H,17,18). The highest BCUT2D eigenvalue weighted by Gasteiger charge is 2.21. The molecule has 1 aromatic rings. The quantitative estimate of drug-likeness (QED) is 0.717. The molecule has 0 radical (unpaired) electrons. The molecule has 0 aromatic heterocycles. The fourth-order valence-corrected chi connectivity index (χ4v) is 1.42. The van der Waals surface area contributed by atoms with Gasteiger partial charge in [0.05, 0.1) is 5.56 Å².